The van der Waals surface area contributed by atoms with Gasteiger partial charge in [-0.2, -0.15) is 0 Å². The van der Waals surface area contributed by atoms with E-state index in [4.69, 9.17) is 9.84 Å². The van der Waals surface area contributed by atoms with Crippen molar-refractivity contribution < 1.29 is 14.6 Å². The third-order valence-electron chi connectivity index (χ3n) is 7.85. The molecule has 0 atom stereocenters. The molecular weight excluding hydrogens is 504 g/mol. The summed E-state index contributed by atoms with van der Waals surface area (Å²) < 4.78 is 5.43. The molecule has 0 aromatic carbocycles. The van der Waals surface area contributed by atoms with E-state index in [0.717, 1.165) is 44.9 Å². The molecular formula is C38H70O3. The van der Waals surface area contributed by atoms with Crippen molar-refractivity contribution in [2.24, 2.45) is 0 Å². The Morgan fingerprint density at radius 2 is 0.878 bits per heavy atom. The van der Waals surface area contributed by atoms with Gasteiger partial charge < -0.3 is 9.84 Å². The first-order valence-corrected chi connectivity index (χ1v) is 18.0. The van der Waals surface area contributed by atoms with Crippen molar-refractivity contribution in [3.05, 3.63) is 36.5 Å². The number of allylic oxidation sites excluding steroid dienone is 6. The van der Waals surface area contributed by atoms with Crippen LogP contribution >= 0.6 is 0 Å². The minimum atomic E-state index is 0.000385. The van der Waals surface area contributed by atoms with Crippen LogP contribution in [-0.2, 0) is 9.53 Å². The Morgan fingerprint density at radius 1 is 0.488 bits per heavy atom. The van der Waals surface area contributed by atoms with Gasteiger partial charge in [0.15, 0.2) is 0 Å². The molecule has 1 N–H and O–H groups in total. The molecule has 0 radical (unpaired) electrons. The average Bonchev–Trinajstić information content (AvgIpc) is 2.98. The van der Waals surface area contributed by atoms with Gasteiger partial charge in [0.05, 0.1) is 6.61 Å². The maximum absolute atomic E-state index is 11.9. The van der Waals surface area contributed by atoms with Gasteiger partial charge in [0.2, 0.25) is 0 Å². The second kappa shape index (κ2) is 36.7. The number of aliphatic hydroxyl groups excluding tert-OH is 1. The smallest absolute Gasteiger partial charge is 0.305 e. The fourth-order valence-corrected chi connectivity index (χ4v) is 5.19. The number of rotatable bonds is 33. The van der Waals surface area contributed by atoms with Crippen molar-refractivity contribution in [1.82, 2.24) is 0 Å². The molecule has 3 heteroatoms. The van der Waals surface area contributed by atoms with Gasteiger partial charge in [0.1, 0.15) is 0 Å². The molecule has 0 spiro atoms. The second-order valence-corrected chi connectivity index (χ2v) is 11.9. The van der Waals surface area contributed by atoms with E-state index in [9.17, 15) is 4.79 Å². The first-order chi connectivity index (χ1) is 20.3. The summed E-state index contributed by atoms with van der Waals surface area (Å²) >= 11 is 0. The predicted molar refractivity (Wildman–Crippen MR) is 180 cm³/mol. The van der Waals surface area contributed by atoms with Crippen molar-refractivity contribution in [1.29, 1.82) is 0 Å². The highest BCUT2D eigenvalue weighted by Gasteiger charge is 2.02. The third-order valence-corrected chi connectivity index (χ3v) is 7.85. The molecule has 0 aliphatic heterocycles. The van der Waals surface area contributed by atoms with E-state index < -0.39 is 0 Å². The average molecular weight is 575 g/mol. The molecule has 0 unspecified atom stereocenters. The van der Waals surface area contributed by atoms with Crippen LogP contribution in [0.3, 0.4) is 0 Å². The van der Waals surface area contributed by atoms with E-state index in [1.807, 2.05) is 0 Å². The number of aliphatic hydroxyl groups is 1. The summed E-state index contributed by atoms with van der Waals surface area (Å²) in [5, 5.41) is 8.78. The Hall–Kier alpha value is -1.35. The lowest BCUT2D eigenvalue weighted by atomic mass is 10.0. The lowest BCUT2D eigenvalue weighted by molar-refractivity contribution is -0.143. The molecule has 3 nitrogen and oxygen atoms in total. The molecule has 0 aliphatic rings. The quantitative estimate of drug-likeness (QED) is 0.0481. The predicted octanol–water partition coefficient (Wildman–Crippen LogP) is 12.1. The number of hydrogen-bond acceptors (Lipinski definition) is 3. The van der Waals surface area contributed by atoms with Gasteiger partial charge in [-0.1, -0.05) is 165 Å². The van der Waals surface area contributed by atoms with Crippen molar-refractivity contribution in [3.63, 3.8) is 0 Å². The van der Waals surface area contributed by atoms with Gasteiger partial charge in [0.25, 0.3) is 0 Å². The summed E-state index contributed by atoms with van der Waals surface area (Å²) in [6.07, 6.45) is 47.9. The van der Waals surface area contributed by atoms with Crippen LogP contribution in [-0.4, -0.2) is 24.3 Å². The van der Waals surface area contributed by atoms with Gasteiger partial charge in [0, 0.05) is 13.0 Å². The first-order valence-electron chi connectivity index (χ1n) is 18.0. The molecule has 0 aromatic heterocycles. The highest BCUT2D eigenvalue weighted by molar-refractivity contribution is 5.69. The molecule has 0 aromatic rings. The number of carbonyl (C=O) groups excluding carboxylic acids is 1. The van der Waals surface area contributed by atoms with Crippen LogP contribution in [0.5, 0.6) is 0 Å². The monoisotopic (exact) mass is 575 g/mol. The minimum Gasteiger partial charge on any atom is -0.466 e. The Morgan fingerprint density at radius 3 is 1.37 bits per heavy atom. The van der Waals surface area contributed by atoms with E-state index in [0.29, 0.717) is 19.6 Å². The zero-order valence-electron chi connectivity index (χ0n) is 27.4. The topological polar surface area (TPSA) is 46.5 Å². The van der Waals surface area contributed by atoms with Crippen molar-refractivity contribution in [2.75, 3.05) is 13.2 Å². The van der Waals surface area contributed by atoms with E-state index in [1.165, 1.54) is 128 Å². The van der Waals surface area contributed by atoms with Crippen LogP contribution in [0.25, 0.3) is 0 Å². The highest BCUT2D eigenvalue weighted by Crippen LogP contribution is 2.14. The van der Waals surface area contributed by atoms with Gasteiger partial charge in [-0.3, -0.25) is 4.79 Å². The molecule has 0 saturated carbocycles. The fraction of sp³-hybridized carbons (Fsp3) is 0.816. The number of unbranched alkanes of at least 4 members (excludes halogenated alkanes) is 22. The van der Waals surface area contributed by atoms with Crippen LogP contribution in [0.2, 0.25) is 0 Å². The molecule has 0 amide bonds. The minimum absolute atomic E-state index is 0.000385. The molecule has 41 heavy (non-hydrogen) atoms. The Balaban J connectivity index is 3.21. The summed E-state index contributed by atoms with van der Waals surface area (Å²) in [4.78, 5) is 11.9. The van der Waals surface area contributed by atoms with Crippen LogP contribution in [0.1, 0.15) is 187 Å². The maximum atomic E-state index is 11.9. The largest absolute Gasteiger partial charge is 0.466 e. The number of carbonyl (C=O) groups is 1. The number of ether oxygens (including phenoxy) is 1. The molecule has 0 heterocycles. The molecule has 0 fully saturated rings. The highest BCUT2D eigenvalue weighted by atomic mass is 16.5. The summed E-state index contributed by atoms with van der Waals surface area (Å²) in [5.41, 5.74) is 0. The van der Waals surface area contributed by atoms with E-state index in [-0.39, 0.29) is 5.97 Å². The Kier molecular flexibility index (Phi) is 35.5. The SMILES string of the molecule is CCC=CCC=CCC=CCCCCCCCC(=O)OCCCCCCCCCCCCCCCCCCCCO. The normalized spacial score (nSPS) is 12.0. The van der Waals surface area contributed by atoms with Gasteiger partial charge >= 0.3 is 5.97 Å². The lowest BCUT2D eigenvalue weighted by Gasteiger charge is -2.05. The van der Waals surface area contributed by atoms with E-state index in [1.54, 1.807) is 0 Å². The maximum Gasteiger partial charge on any atom is 0.305 e. The summed E-state index contributed by atoms with van der Waals surface area (Å²) in [7, 11) is 0. The molecule has 0 rings (SSSR count). The van der Waals surface area contributed by atoms with Crippen LogP contribution in [0, 0.1) is 0 Å². The molecule has 0 saturated heterocycles. The molecule has 240 valence electrons. The molecule has 0 bridgehead atoms. The zero-order valence-corrected chi connectivity index (χ0v) is 27.4. The van der Waals surface area contributed by atoms with Crippen molar-refractivity contribution in [2.45, 2.75) is 187 Å². The van der Waals surface area contributed by atoms with Crippen molar-refractivity contribution >= 4 is 5.97 Å². The standard InChI is InChI=1S/C38H70O3/c1-2-3-4-5-6-7-8-9-14-17-20-23-26-29-32-35-38(40)41-37-34-31-28-25-22-19-16-13-11-10-12-15-18-21-24-27-30-33-36-39/h3-4,6-7,9,14,39H,2,5,8,10-13,15-37H2,1H3. The fourth-order valence-electron chi connectivity index (χ4n) is 5.19. The third kappa shape index (κ3) is 36.6. The number of esters is 1. The first kappa shape index (κ1) is 39.6. The van der Waals surface area contributed by atoms with E-state index in [2.05, 4.69) is 43.4 Å². The van der Waals surface area contributed by atoms with Crippen LogP contribution in [0.4, 0.5) is 0 Å². The van der Waals surface area contributed by atoms with Gasteiger partial charge in [-0.25, -0.2) is 0 Å². The van der Waals surface area contributed by atoms with E-state index >= 15 is 0 Å². The summed E-state index contributed by atoms with van der Waals surface area (Å²) in [6, 6.07) is 0. The van der Waals surface area contributed by atoms with Gasteiger partial charge in [-0.05, 0) is 51.4 Å². The van der Waals surface area contributed by atoms with Crippen LogP contribution < -0.4 is 0 Å². The zero-order chi connectivity index (χ0) is 29.7. The summed E-state index contributed by atoms with van der Waals surface area (Å²) in [5.74, 6) is 0.000385. The number of hydrogen-bond donors (Lipinski definition) is 1. The summed E-state index contributed by atoms with van der Waals surface area (Å²) in [6.45, 7) is 3.13. The Bertz CT molecular complexity index is 592. The van der Waals surface area contributed by atoms with Crippen molar-refractivity contribution in [3.8, 4) is 0 Å². The van der Waals surface area contributed by atoms with Gasteiger partial charge in [-0.15, -0.1) is 0 Å². The lowest BCUT2D eigenvalue weighted by Crippen LogP contribution is -2.05. The van der Waals surface area contributed by atoms with Crippen LogP contribution in [0.15, 0.2) is 36.5 Å². The Labute approximate surface area is 256 Å². The molecule has 0 aliphatic carbocycles. The second-order valence-electron chi connectivity index (χ2n) is 11.9.